The van der Waals surface area contributed by atoms with Crippen molar-refractivity contribution in [3.63, 3.8) is 0 Å². The predicted octanol–water partition coefficient (Wildman–Crippen LogP) is 2.93. The molecule has 0 radical (unpaired) electrons. The minimum Gasteiger partial charge on any atom is -0.478 e. The second kappa shape index (κ2) is 9.43. The van der Waals surface area contributed by atoms with Crippen LogP contribution in [0.1, 0.15) is 0 Å². The molecule has 1 N–H and O–H groups in total. The van der Waals surface area contributed by atoms with Crippen LogP contribution in [-0.4, -0.2) is 11.1 Å². The fraction of sp³-hybridized carbons (Fsp3) is 0. The molecule has 1 rings (SSSR count). The second-order valence-electron chi connectivity index (χ2n) is 2.91. The monoisotopic (exact) mass is 242 g/mol. The lowest BCUT2D eigenvalue weighted by molar-refractivity contribution is -0.131. The number of anilines is 1. The molecule has 0 bridgehead atoms. The molecule has 1 aromatic rings. The van der Waals surface area contributed by atoms with Crippen molar-refractivity contribution in [3.8, 4) is 6.07 Å². The van der Waals surface area contributed by atoms with Gasteiger partial charge in [-0.25, -0.2) is 4.79 Å². The van der Waals surface area contributed by atoms with Gasteiger partial charge in [0.1, 0.15) is 0 Å². The fourth-order valence-corrected chi connectivity index (χ4v) is 0.966. The van der Waals surface area contributed by atoms with Gasteiger partial charge in [0.25, 0.3) is 0 Å². The molecule has 0 aliphatic carbocycles. The van der Waals surface area contributed by atoms with E-state index in [1.807, 2.05) is 36.4 Å². The summed E-state index contributed by atoms with van der Waals surface area (Å²) in [6, 6.07) is 11.6. The highest BCUT2D eigenvalue weighted by atomic mass is 16.4. The van der Waals surface area contributed by atoms with E-state index in [1.165, 1.54) is 6.08 Å². The van der Waals surface area contributed by atoms with Crippen LogP contribution in [0.4, 0.5) is 5.69 Å². The van der Waals surface area contributed by atoms with E-state index in [1.54, 1.807) is 17.3 Å². The number of carboxylic acids is 1. The van der Waals surface area contributed by atoms with Gasteiger partial charge in [-0.2, -0.15) is 5.26 Å². The fourth-order valence-electron chi connectivity index (χ4n) is 0.966. The molecule has 0 atom stereocenters. The number of aliphatic carboxylic acids is 1. The summed E-state index contributed by atoms with van der Waals surface area (Å²) in [5, 5.41) is 16.0. The molecule has 0 unspecified atom stereocenters. The summed E-state index contributed by atoms with van der Waals surface area (Å²) in [6.45, 7) is 6.62. The minimum atomic E-state index is -0.981. The van der Waals surface area contributed by atoms with Crippen molar-refractivity contribution in [2.24, 2.45) is 0 Å². The Morgan fingerprint density at radius 1 is 1.33 bits per heavy atom. The number of hydrogen-bond acceptors (Lipinski definition) is 3. The first-order valence-electron chi connectivity index (χ1n) is 5.03. The summed E-state index contributed by atoms with van der Waals surface area (Å²) in [4.78, 5) is 11.0. The Balaban J connectivity index is 0.000000494. The van der Waals surface area contributed by atoms with Gasteiger partial charge in [0.15, 0.2) is 0 Å². The van der Waals surface area contributed by atoms with E-state index in [9.17, 15) is 4.79 Å². The van der Waals surface area contributed by atoms with E-state index in [4.69, 9.17) is 10.4 Å². The van der Waals surface area contributed by atoms with Gasteiger partial charge in [-0.1, -0.05) is 31.4 Å². The number of allylic oxidation sites excluding steroid dienone is 1. The van der Waals surface area contributed by atoms with Crippen LogP contribution in [0, 0.1) is 11.3 Å². The number of carboxylic acid groups (broad SMARTS) is 1. The number of nitriles is 1. The maximum Gasteiger partial charge on any atom is 0.327 e. The molecular weight excluding hydrogens is 228 g/mol. The summed E-state index contributed by atoms with van der Waals surface area (Å²) in [5.41, 5.74) is 0.990. The lowest BCUT2D eigenvalue weighted by Gasteiger charge is -2.13. The van der Waals surface area contributed by atoms with Crippen LogP contribution in [0.15, 0.2) is 68.0 Å². The van der Waals surface area contributed by atoms with Gasteiger partial charge < -0.3 is 10.0 Å². The average molecular weight is 242 g/mol. The lowest BCUT2D eigenvalue weighted by Crippen LogP contribution is -2.04. The van der Waals surface area contributed by atoms with Crippen molar-refractivity contribution >= 4 is 11.7 Å². The first-order valence-corrected chi connectivity index (χ1v) is 5.03. The summed E-state index contributed by atoms with van der Waals surface area (Å²) >= 11 is 0. The van der Waals surface area contributed by atoms with E-state index >= 15 is 0 Å². The van der Waals surface area contributed by atoms with E-state index < -0.39 is 5.97 Å². The average Bonchev–Trinajstić information content (AvgIpc) is 2.41. The smallest absolute Gasteiger partial charge is 0.327 e. The summed E-state index contributed by atoms with van der Waals surface area (Å²) in [6.07, 6.45) is 5.57. The molecule has 0 saturated carbocycles. The third-order valence-electron chi connectivity index (χ3n) is 1.74. The van der Waals surface area contributed by atoms with Crippen LogP contribution in [0.3, 0.4) is 0 Å². The van der Waals surface area contributed by atoms with Crippen LogP contribution in [-0.2, 0) is 4.79 Å². The number of hydrogen-bond donors (Lipinski definition) is 1. The standard InChI is InChI=1S/C11H10N2.C3H4O2/c1-2-13(10-6-9-12)11-7-4-3-5-8-11;1-2-3(4)5/h2-8,10H,1H2;2H,1H2,(H,4,5). The Labute approximate surface area is 106 Å². The van der Waals surface area contributed by atoms with Gasteiger partial charge in [0.2, 0.25) is 0 Å². The number of carbonyl (C=O) groups is 1. The maximum absolute atomic E-state index is 9.25. The second-order valence-corrected chi connectivity index (χ2v) is 2.91. The number of para-hydroxylation sites is 1. The van der Waals surface area contributed by atoms with Gasteiger partial charge in [-0.3, -0.25) is 0 Å². The lowest BCUT2D eigenvalue weighted by atomic mass is 10.3. The molecule has 0 heterocycles. The summed E-state index contributed by atoms with van der Waals surface area (Å²) in [5.74, 6) is -0.981. The number of benzene rings is 1. The molecule has 0 amide bonds. The SMILES string of the molecule is C=CC(=O)O.C=CN(C=CC#N)c1ccccc1. The highest BCUT2D eigenvalue weighted by Crippen LogP contribution is 2.13. The zero-order chi connectivity index (χ0) is 13.8. The van der Waals surface area contributed by atoms with Crippen LogP contribution in [0.2, 0.25) is 0 Å². The Morgan fingerprint density at radius 2 is 1.89 bits per heavy atom. The molecule has 0 saturated heterocycles. The third kappa shape index (κ3) is 6.64. The van der Waals surface area contributed by atoms with Gasteiger partial charge >= 0.3 is 5.97 Å². The normalized spacial score (nSPS) is 8.61. The van der Waals surface area contributed by atoms with Crippen LogP contribution < -0.4 is 4.90 Å². The molecule has 18 heavy (non-hydrogen) atoms. The molecule has 0 spiro atoms. The highest BCUT2D eigenvalue weighted by Gasteiger charge is 1.94. The Morgan fingerprint density at radius 3 is 2.28 bits per heavy atom. The first-order chi connectivity index (χ1) is 8.65. The molecule has 4 heteroatoms. The Hall–Kier alpha value is -2.80. The van der Waals surface area contributed by atoms with Crippen molar-refractivity contribution in [2.45, 2.75) is 0 Å². The quantitative estimate of drug-likeness (QED) is 0.651. The number of rotatable bonds is 4. The third-order valence-corrected chi connectivity index (χ3v) is 1.74. The van der Waals surface area contributed by atoms with Gasteiger partial charge in [-0.05, 0) is 12.1 Å². The van der Waals surface area contributed by atoms with E-state index in [-0.39, 0.29) is 0 Å². The molecular formula is C14H14N2O2. The molecule has 4 nitrogen and oxygen atoms in total. The van der Waals surface area contributed by atoms with Crippen molar-refractivity contribution in [2.75, 3.05) is 4.90 Å². The van der Waals surface area contributed by atoms with Gasteiger partial charge in [-0.15, -0.1) is 0 Å². The van der Waals surface area contributed by atoms with Crippen LogP contribution >= 0.6 is 0 Å². The highest BCUT2D eigenvalue weighted by molar-refractivity contribution is 5.78. The molecule has 0 aliphatic rings. The molecule has 1 aromatic carbocycles. The molecule has 0 aliphatic heterocycles. The Bertz CT molecular complexity index is 458. The zero-order valence-electron chi connectivity index (χ0n) is 9.86. The van der Waals surface area contributed by atoms with Crippen LogP contribution in [0.5, 0.6) is 0 Å². The zero-order valence-corrected chi connectivity index (χ0v) is 9.86. The van der Waals surface area contributed by atoms with Crippen LogP contribution in [0.25, 0.3) is 0 Å². The summed E-state index contributed by atoms with van der Waals surface area (Å²) in [7, 11) is 0. The van der Waals surface area contributed by atoms with E-state index in [2.05, 4.69) is 13.2 Å². The van der Waals surface area contributed by atoms with Crippen molar-refractivity contribution < 1.29 is 9.90 Å². The van der Waals surface area contributed by atoms with Crippen molar-refractivity contribution in [1.29, 1.82) is 5.26 Å². The largest absolute Gasteiger partial charge is 0.478 e. The van der Waals surface area contributed by atoms with Gasteiger partial charge in [0, 0.05) is 30.2 Å². The molecule has 92 valence electrons. The maximum atomic E-state index is 9.25. The Kier molecular flexibility index (Phi) is 7.96. The molecule has 0 aromatic heterocycles. The predicted molar refractivity (Wildman–Crippen MR) is 71.7 cm³/mol. The van der Waals surface area contributed by atoms with E-state index in [0.29, 0.717) is 0 Å². The van der Waals surface area contributed by atoms with Gasteiger partial charge in [0.05, 0.1) is 6.07 Å². The number of nitrogens with zero attached hydrogens (tertiary/aromatic N) is 2. The first kappa shape index (κ1) is 15.2. The van der Waals surface area contributed by atoms with Crippen molar-refractivity contribution in [1.82, 2.24) is 0 Å². The van der Waals surface area contributed by atoms with Crippen molar-refractivity contribution in [3.05, 3.63) is 68.0 Å². The molecule has 0 fully saturated rings. The minimum absolute atomic E-state index is 0.833. The topological polar surface area (TPSA) is 64.3 Å². The summed E-state index contributed by atoms with van der Waals surface area (Å²) < 4.78 is 0. The van der Waals surface area contributed by atoms with E-state index in [0.717, 1.165) is 11.8 Å².